The quantitative estimate of drug-likeness (QED) is 0.311. The molecule has 3 aromatic heterocycles. The molecule has 0 saturated carbocycles. The van der Waals surface area contributed by atoms with Gasteiger partial charge in [0, 0.05) is 38.2 Å². The number of fused-ring (bicyclic) bond motifs is 1. The third-order valence-electron chi connectivity index (χ3n) is 4.68. The molecule has 2 N–H and O–H groups in total. The van der Waals surface area contributed by atoms with Crippen molar-refractivity contribution in [2.75, 3.05) is 7.05 Å². The molecule has 0 aliphatic rings. The Balaban J connectivity index is 0.00000280. The Bertz CT molecular complexity index is 976. The topological polar surface area (TPSA) is 71.5 Å². The first kappa shape index (κ1) is 22.5. The lowest BCUT2D eigenvalue weighted by molar-refractivity contribution is 0.634. The second-order valence-corrected chi connectivity index (χ2v) is 7.23. The van der Waals surface area contributed by atoms with Crippen LogP contribution >= 0.6 is 35.6 Å². The van der Waals surface area contributed by atoms with Crippen molar-refractivity contribution in [2.24, 2.45) is 12.0 Å². The molecule has 152 valence electrons. The minimum Gasteiger partial charge on any atom is -0.354 e. The highest BCUT2D eigenvalue weighted by Gasteiger charge is 2.14. The highest BCUT2D eigenvalue weighted by molar-refractivity contribution is 14.0. The van der Waals surface area contributed by atoms with Gasteiger partial charge < -0.3 is 15.0 Å². The van der Waals surface area contributed by atoms with Crippen LogP contribution < -0.4 is 10.6 Å². The Kier molecular flexibility index (Phi) is 7.70. The van der Waals surface area contributed by atoms with Crippen LogP contribution in [0.15, 0.2) is 29.5 Å². The van der Waals surface area contributed by atoms with E-state index in [0.717, 1.165) is 29.4 Å². The summed E-state index contributed by atoms with van der Waals surface area (Å²) in [5, 5.41) is 11.9. The van der Waals surface area contributed by atoms with Crippen molar-refractivity contribution < 1.29 is 0 Å². The Hall–Kier alpha value is -1.81. The minimum atomic E-state index is 0. The summed E-state index contributed by atoms with van der Waals surface area (Å²) in [6.45, 7) is 6.88. The first-order valence-corrected chi connectivity index (χ1v) is 9.34. The SMILES string of the molecule is CN=C(NCc1cn2cc(Cl)ccc2n1)NC(C)Cc1c(C)nn(C)c1C.I. The third kappa shape index (κ3) is 5.16. The Labute approximate surface area is 187 Å². The van der Waals surface area contributed by atoms with Crippen LogP contribution in [-0.4, -0.2) is 38.2 Å². The van der Waals surface area contributed by atoms with Crippen molar-refractivity contribution in [1.29, 1.82) is 0 Å². The number of aliphatic imine (C=N–C) groups is 1. The number of halogens is 2. The van der Waals surface area contributed by atoms with Gasteiger partial charge in [-0.3, -0.25) is 9.67 Å². The number of aryl methyl sites for hydroxylation is 2. The highest BCUT2D eigenvalue weighted by atomic mass is 127. The molecule has 7 nitrogen and oxygen atoms in total. The van der Waals surface area contributed by atoms with Crippen molar-refractivity contribution in [1.82, 2.24) is 29.8 Å². The van der Waals surface area contributed by atoms with E-state index < -0.39 is 0 Å². The molecule has 0 fully saturated rings. The summed E-state index contributed by atoms with van der Waals surface area (Å²) < 4.78 is 3.85. The predicted molar refractivity (Wildman–Crippen MR) is 125 cm³/mol. The van der Waals surface area contributed by atoms with Crippen LogP contribution in [0.25, 0.3) is 5.65 Å². The number of hydrogen-bond acceptors (Lipinski definition) is 3. The molecular weight excluding hydrogens is 489 g/mol. The van der Waals surface area contributed by atoms with Gasteiger partial charge in [0.1, 0.15) is 5.65 Å². The number of aromatic nitrogens is 4. The third-order valence-corrected chi connectivity index (χ3v) is 4.90. The van der Waals surface area contributed by atoms with E-state index in [-0.39, 0.29) is 30.0 Å². The van der Waals surface area contributed by atoms with Crippen LogP contribution in [0.4, 0.5) is 0 Å². The van der Waals surface area contributed by atoms with Gasteiger partial charge in [0.05, 0.1) is 23.0 Å². The fourth-order valence-corrected chi connectivity index (χ4v) is 3.34. The average molecular weight is 516 g/mol. The standard InChI is InChI=1S/C19H26ClN7.HI/c1-12(8-17-13(2)25-26(5)14(17)3)23-19(21-4)22-9-16-11-27-10-15(20)6-7-18(27)24-16;/h6-7,10-12H,8-9H2,1-5H3,(H2,21,22,23);1H. The normalized spacial score (nSPS) is 12.7. The number of pyridine rings is 1. The van der Waals surface area contributed by atoms with Gasteiger partial charge in [0.25, 0.3) is 0 Å². The number of nitrogens with zero attached hydrogens (tertiary/aromatic N) is 5. The lowest BCUT2D eigenvalue weighted by Gasteiger charge is -2.18. The minimum absolute atomic E-state index is 0. The second-order valence-electron chi connectivity index (χ2n) is 6.79. The number of imidazole rings is 1. The maximum atomic E-state index is 6.03. The van der Waals surface area contributed by atoms with Gasteiger partial charge in [0.15, 0.2) is 5.96 Å². The van der Waals surface area contributed by atoms with E-state index in [2.05, 4.69) is 46.5 Å². The van der Waals surface area contributed by atoms with Gasteiger partial charge in [-0.25, -0.2) is 4.98 Å². The van der Waals surface area contributed by atoms with E-state index in [9.17, 15) is 0 Å². The van der Waals surface area contributed by atoms with Gasteiger partial charge in [-0.15, -0.1) is 24.0 Å². The van der Waals surface area contributed by atoms with Crippen LogP contribution in [0.5, 0.6) is 0 Å². The average Bonchev–Trinajstić information content (AvgIpc) is 3.13. The highest BCUT2D eigenvalue weighted by Crippen LogP contribution is 2.14. The van der Waals surface area contributed by atoms with E-state index in [1.165, 1.54) is 11.3 Å². The van der Waals surface area contributed by atoms with E-state index >= 15 is 0 Å². The number of rotatable bonds is 5. The summed E-state index contributed by atoms with van der Waals surface area (Å²) in [5.41, 5.74) is 5.36. The van der Waals surface area contributed by atoms with Crippen LogP contribution in [-0.2, 0) is 20.0 Å². The zero-order valence-corrected chi connectivity index (χ0v) is 19.9. The second kappa shape index (κ2) is 9.60. The van der Waals surface area contributed by atoms with Crippen LogP contribution in [0.3, 0.4) is 0 Å². The largest absolute Gasteiger partial charge is 0.354 e. The van der Waals surface area contributed by atoms with Crippen molar-refractivity contribution in [3.8, 4) is 0 Å². The van der Waals surface area contributed by atoms with Crippen molar-refractivity contribution in [3.63, 3.8) is 0 Å². The molecule has 9 heteroatoms. The zero-order valence-electron chi connectivity index (χ0n) is 16.8. The molecule has 0 radical (unpaired) electrons. The maximum absolute atomic E-state index is 6.03. The summed E-state index contributed by atoms with van der Waals surface area (Å²) in [6, 6.07) is 3.96. The monoisotopic (exact) mass is 515 g/mol. The van der Waals surface area contributed by atoms with E-state index in [1.54, 1.807) is 7.05 Å². The molecule has 0 aliphatic heterocycles. The summed E-state index contributed by atoms with van der Waals surface area (Å²) in [6.07, 6.45) is 4.70. The van der Waals surface area contributed by atoms with Gasteiger partial charge in [-0.05, 0) is 44.9 Å². The van der Waals surface area contributed by atoms with Gasteiger partial charge in [0.2, 0.25) is 0 Å². The van der Waals surface area contributed by atoms with Gasteiger partial charge in [-0.1, -0.05) is 11.6 Å². The molecule has 3 rings (SSSR count). The Morgan fingerprint density at radius 3 is 2.68 bits per heavy atom. The fraction of sp³-hybridized carbons (Fsp3) is 0.421. The van der Waals surface area contributed by atoms with Crippen molar-refractivity contribution >= 4 is 47.2 Å². The lowest BCUT2D eigenvalue weighted by atomic mass is 10.1. The Morgan fingerprint density at radius 1 is 1.29 bits per heavy atom. The first-order chi connectivity index (χ1) is 12.9. The van der Waals surface area contributed by atoms with Gasteiger partial charge in [-0.2, -0.15) is 5.10 Å². The summed E-state index contributed by atoms with van der Waals surface area (Å²) in [7, 11) is 3.75. The van der Waals surface area contributed by atoms with E-state index in [4.69, 9.17) is 11.6 Å². The molecule has 0 amide bonds. The molecule has 0 saturated heterocycles. The summed E-state index contributed by atoms with van der Waals surface area (Å²) >= 11 is 6.03. The number of guanidine groups is 1. The van der Waals surface area contributed by atoms with Gasteiger partial charge >= 0.3 is 0 Å². The van der Waals surface area contributed by atoms with E-state index in [1.807, 2.05) is 40.7 Å². The first-order valence-electron chi connectivity index (χ1n) is 8.96. The number of hydrogen-bond donors (Lipinski definition) is 2. The van der Waals surface area contributed by atoms with Crippen LogP contribution in [0.1, 0.15) is 29.6 Å². The predicted octanol–water partition coefficient (Wildman–Crippen LogP) is 3.25. The molecule has 28 heavy (non-hydrogen) atoms. The maximum Gasteiger partial charge on any atom is 0.191 e. The molecule has 0 aromatic carbocycles. The molecule has 0 spiro atoms. The van der Waals surface area contributed by atoms with Crippen molar-refractivity contribution in [2.45, 2.75) is 39.8 Å². The zero-order chi connectivity index (χ0) is 19.6. The molecule has 3 heterocycles. The molecule has 1 atom stereocenters. The summed E-state index contributed by atoms with van der Waals surface area (Å²) in [5.74, 6) is 0.747. The lowest BCUT2D eigenvalue weighted by Crippen LogP contribution is -2.42. The molecule has 1 unspecified atom stereocenters. The Morgan fingerprint density at radius 2 is 2.04 bits per heavy atom. The van der Waals surface area contributed by atoms with Crippen LogP contribution in [0, 0.1) is 13.8 Å². The molecule has 0 aliphatic carbocycles. The molecule has 0 bridgehead atoms. The van der Waals surface area contributed by atoms with Crippen LogP contribution in [0.2, 0.25) is 5.02 Å². The van der Waals surface area contributed by atoms with Crippen molar-refractivity contribution in [3.05, 3.63) is 52.2 Å². The fourth-order valence-electron chi connectivity index (χ4n) is 3.17. The molecule has 3 aromatic rings. The smallest absolute Gasteiger partial charge is 0.191 e. The van der Waals surface area contributed by atoms with E-state index in [0.29, 0.717) is 11.6 Å². The molecular formula is C19H27ClIN7. The number of nitrogens with one attached hydrogen (secondary N) is 2. The summed E-state index contributed by atoms with van der Waals surface area (Å²) in [4.78, 5) is 8.90.